The molecule has 1 N–H and O–H groups in total. The topological polar surface area (TPSA) is 84.4 Å². The number of fused-ring (bicyclic) bond motifs is 1. The minimum Gasteiger partial charge on any atom is -0.376 e. The van der Waals surface area contributed by atoms with Gasteiger partial charge in [0.05, 0.1) is 23.1 Å². The van der Waals surface area contributed by atoms with E-state index in [-0.39, 0.29) is 11.0 Å². The summed E-state index contributed by atoms with van der Waals surface area (Å²) in [5, 5.41) is 4.03. The van der Waals surface area contributed by atoms with Gasteiger partial charge in [-0.15, -0.1) is 0 Å². The van der Waals surface area contributed by atoms with E-state index in [4.69, 9.17) is 4.74 Å². The average Bonchev–Trinajstić information content (AvgIpc) is 2.71. The van der Waals surface area contributed by atoms with Gasteiger partial charge >= 0.3 is 0 Å². The first-order valence-corrected chi connectivity index (χ1v) is 11.9. The fraction of sp³-hybridized carbons (Fsp3) is 0.364. The predicted octanol–water partition coefficient (Wildman–Crippen LogP) is 2.87. The van der Waals surface area contributed by atoms with E-state index in [1.54, 1.807) is 18.2 Å². The number of hydrogen-bond donors (Lipinski definition) is 1. The smallest absolute Gasteiger partial charge is 0.175 e. The first kappa shape index (κ1) is 20.7. The maximum absolute atomic E-state index is 11.9. The van der Waals surface area contributed by atoms with Crippen LogP contribution < -0.4 is 5.32 Å². The molecular weight excluding hydrogens is 400 g/mol. The van der Waals surface area contributed by atoms with E-state index >= 15 is 0 Å². The van der Waals surface area contributed by atoms with E-state index in [0.717, 1.165) is 31.8 Å². The number of hydrogen-bond acceptors (Lipinski definition) is 7. The number of benzene rings is 2. The number of sulfone groups is 1. The summed E-state index contributed by atoms with van der Waals surface area (Å²) in [5.41, 5.74) is 3.10. The molecule has 1 atom stereocenters. The Kier molecular flexibility index (Phi) is 5.99. The monoisotopic (exact) mass is 426 g/mol. The second-order valence-electron chi connectivity index (χ2n) is 7.76. The maximum Gasteiger partial charge on any atom is 0.175 e. The number of nitrogens with one attached hydrogen (secondary N) is 1. The zero-order valence-corrected chi connectivity index (χ0v) is 18.0. The van der Waals surface area contributed by atoms with Crippen LogP contribution in [0, 0.1) is 0 Å². The Morgan fingerprint density at radius 2 is 2.00 bits per heavy atom. The van der Waals surface area contributed by atoms with Crippen LogP contribution in [-0.2, 0) is 27.7 Å². The molecule has 0 saturated carbocycles. The molecule has 2 aromatic carbocycles. The maximum atomic E-state index is 11.9. The molecule has 1 aliphatic heterocycles. The molecule has 2 heterocycles. The summed E-state index contributed by atoms with van der Waals surface area (Å²) in [7, 11) is -3.30. The van der Waals surface area contributed by atoms with Gasteiger partial charge in [0.2, 0.25) is 0 Å². The second-order valence-corrected chi connectivity index (χ2v) is 9.78. The number of nitrogens with zero attached hydrogens (tertiary/aromatic N) is 3. The molecule has 0 radical (unpaired) electrons. The Morgan fingerprint density at radius 3 is 2.80 bits per heavy atom. The number of aromatic nitrogens is 2. The summed E-state index contributed by atoms with van der Waals surface area (Å²) < 4.78 is 29.5. The highest BCUT2D eigenvalue weighted by molar-refractivity contribution is 7.90. The summed E-state index contributed by atoms with van der Waals surface area (Å²) in [5.74, 6) is 0.623. The standard InChI is InChI=1S/C22H26N4O3S/c1-16-13-26(8-9-29-16)14-18-5-3-4-17(10-18)12-23-22-20-11-19(30(2,27)28)6-7-21(20)24-15-25-22/h3-7,10-11,15-16H,8-9,12-14H2,1-2H3,(H,23,24,25). The number of morpholine rings is 1. The predicted molar refractivity (Wildman–Crippen MR) is 117 cm³/mol. The first-order valence-electron chi connectivity index (χ1n) is 9.99. The third-order valence-corrected chi connectivity index (χ3v) is 6.33. The summed E-state index contributed by atoms with van der Waals surface area (Å²) in [6.07, 6.45) is 2.96. The molecule has 1 fully saturated rings. The number of anilines is 1. The minimum absolute atomic E-state index is 0.259. The Morgan fingerprint density at radius 1 is 1.17 bits per heavy atom. The van der Waals surface area contributed by atoms with Crippen molar-refractivity contribution in [2.24, 2.45) is 0 Å². The highest BCUT2D eigenvalue weighted by Gasteiger charge is 2.16. The molecule has 7 nitrogen and oxygen atoms in total. The van der Waals surface area contributed by atoms with Crippen LogP contribution in [0.3, 0.4) is 0 Å². The SMILES string of the molecule is CC1CN(Cc2cccc(CNc3ncnc4ccc(S(C)(=O)=O)cc34)c2)CCO1. The summed E-state index contributed by atoms with van der Waals surface area (Å²) >= 11 is 0. The molecule has 1 unspecified atom stereocenters. The summed E-state index contributed by atoms with van der Waals surface area (Å²) in [6.45, 7) is 6.26. The quantitative estimate of drug-likeness (QED) is 0.649. The Hall–Kier alpha value is -2.55. The third-order valence-electron chi connectivity index (χ3n) is 5.22. The molecule has 30 heavy (non-hydrogen) atoms. The zero-order chi connectivity index (χ0) is 21.1. The third kappa shape index (κ3) is 4.95. The fourth-order valence-corrected chi connectivity index (χ4v) is 4.37. The van der Waals surface area contributed by atoms with Crippen LogP contribution in [-0.4, -0.2) is 55.3 Å². The van der Waals surface area contributed by atoms with Gasteiger partial charge in [-0.2, -0.15) is 0 Å². The van der Waals surface area contributed by atoms with Crippen molar-refractivity contribution in [1.29, 1.82) is 0 Å². The largest absolute Gasteiger partial charge is 0.376 e. The van der Waals surface area contributed by atoms with Crippen molar-refractivity contribution in [3.05, 3.63) is 59.9 Å². The van der Waals surface area contributed by atoms with Crippen LogP contribution in [0.5, 0.6) is 0 Å². The molecule has 1 aromatic heterocycles. The van der Waals surface area contributed by atoms with Crippen LogP contribution in [0.4, 0.5) is 5.82 Å². The Bertz CT molecular complexity index is 1150. The van der Waals surface area contributed by atoms with Gasteiger partial charge in [-0.1, -0.05) is 24.3 Å². The van der Waals surface area contributed by atoms with E-state index in [9.17, 15) is 8.42 Å². The van der Waals surface area contributed by atoms with Crippen LogP contribution in [0.1, 0.15) is 18.1 Å². The van der Waals surface area contributed by atoms with E-state index in [2.05, 4.69) is 51.4 Å². The van der Waals surface area contributed by atoms with Crippen molar-refractivity contribution in [2.75, 3.05) is 31.3 Å². The van der Waals surface area contributed by atoms with E-state index < -0.39 is 9.84 Å². The molecule has 1 aliphatic rings. The van der Waals surface area contributed by atoms with Gasteiger partial charge in [-0.25, -0.2) is 18.4 Å². The lowest BCUT2D eigenvalue weighted by Crippen LogP contribution is -2.40. The Balaban J connectivity index is 1.50. The molecule has 8 heteroatoms. The summed E-state index contributed by atoms with van der Waals surface area (Å²) in [6, 6.07) is 13.4. The van der Waals surface area contributed by atoms with Crippen LogP contribution >= 0.6 is 0 Å². The molecule has 0 amide bonds. The highest BCUT2D eigenvalue weighted by Crippen LogP contribution is 2.23. The van der Waals surface area contributed by atoms with Gasteiger partial charge in [-0.3, -0.25) is 4.90 Å². The average molecular weight is 427 g/mol. The van der Waals surface area contributed by atoms with Crippen molar-refractivity contribution in [3.8, 4) is 0 Å². The number of rotatable bonds is 6. The van der Waals surface area contributed by atoms with E-state index in [0.29, 0.717) is 23.3 Å². The normalized spacial score (nSPS) is 17.9. The van der Waals surface area contributed by atoms with Gasteiger partial charge in [0, 0.05) is 37.8 Å². The van der Waals surface area contributed by atoms with Crippen LogP contribution in [0.2, 0.25) is 0 Å². The zero-order valence-electron chi connectivity index (χ0n) is 17.2. The molecule has 1 saturated heterocycles. The summed E-state index contributed by atoms with van der Waals surface area (Å²) in [4.78, 5) is 11.2. The van der Waals surface area contributed by atoms with Crippen LogP contribution in [0.15, 0.2) is 53.7 Å². The minimum atomic E-state index is -3.30. The van der Waals surface area contributed by atoms with Gasteiger partial charge in [0.25, 0.3) is 0 Å². The Labute approximate surface area is 177 Å². The van der Waals surface area contributed by atoms with E-state index in [1.165, 1.54) is 18.1 Å². The molecular formula is C22H26N4O3S. The second kappa shape index (κ2) is 8.67. The lowest BCUT2D eigenvalue weighted by atomic mass is 10.1. The fourth-order valence-electron chi connectivity index (χ4n) is 3.72. The molecule has 0 bridgehead atoms. The lowest BCUT2D eigenvalue weighted by molar-refractivity contribution is -0.0212. The van der Waals surface area contributed by atoms with Crippen molar-refractivity contribution >= 4 is 26.6 Å². The van der Waals surface area contributed by atoms with E-state index in [1.807, 2.05) is 0 Å². The van der Waals surface area contributed by atoms with Gasteiger partial charge in [-0.05, 0) is 36.2 Å². The molecule has 158 valence electrons. The lowest BCUT2D eigenvalue weighted by Gasteiger charge is -2.31. The van der Waals surface area contributed by atoms with Crippen molar-refractivity contribution in [3.63, 3.8) is 0 Å². The van der Waals surface area contributed by atoms with Crippen molar-refractivity contribution in [1.82, 2.24) is 14.9 Å². The van der Waals surface area contributed by atoms with Crippen molar-refractivity contribution < 1.29 is 13.2 Å². The molecule has 0 spiro atoms. The first-order chi connectivity index (χ1) is 14.4. The molecule has 3 aromatic rings. The van der Waals surface area contributed by atoms with Gasteiger partial charge in [0.15, 0.2) is 9.84 Å². The van der Waals surface area contributed by atoms with Gasteiger partial charge in [0.1, 0.15) is 12.1 Å². The molecule has 0 aliphatic carbocycles. The molecule has 4 rings (SSSR count). The van der Waals surface area contributed by atoms with Crippen LogP contribution in [0.25, 0.3) is 10.9 Å². The van der Waals surface area contributed by atoms with Gasteiger partial charge < -0.3 is 10.1 Å². The van der Waals surface area contributed by atoms with Crippen molar-refractivity contribution in [2.45, 2.75) is 31.0 Å². The number of ether oxygens (including phenoxy) is 1. The highest BCUT2D eigenvalue weighted by atomic mass is 32.2.